The third kappa shape index (κ3) is 6.63. The number of ether oxygens (including phenoxy) is 1. The van der Waals surface area contributed by atoms with E-state index in [2.05, 4.69) is 54.5 Å². The molecule has 0 spiro atoms. The molecule has 3 nitrogen and oxygen atoms in total. The van der Waals surface area contributed by atoms with Crippen LogP contribution >= 0.6 is 0 Å². The fourth-order valence-corrected chi connectivity index (χ4v) is 8.42. The summed E-state index contributed by atoms with van der Waals surface area (Å²) < 4.78 is 18.6. The monoisotopic (exact) mass is 360 g/mol. The fourth-order valence-electron chi connectivity index (χ4n) is 3.03. The van der Waals surface area contributed by atoms with Crippen molar-refractivity contribution >= 4 is 16.6 Å². The largest absolute Gasteiger partial charge is 0.519 e. The van der Waals surface area contributed by atoms with Crippen molar-refractivity contribution in [3.05, 3.63) is 12.0 Å². The Labute approximate surface area is 147 Å². The Hall–Kier alpha value is -0.266. The van der Waals surface area contributed by atoms with Gasteiger partial charge in [-0.05, 0) is 42.7 Å². The van der Waals surface area contributed by atoms with Gasteiger partial charge in [-0.1, -0.05) is 48.5 Å². The maximum absolute atomic E-state index is 6.60. The summed E-state index contributed by atoms with van der Waals surface area (Å²) in [6.07, 6.45) is 3.16. The molecule has 0 radical (unpaired) electrons. The van der Waals surface area contributed by atoms with Crippen LogP contribution in [0, 0.1) is 0 Å². The Morgan fingerprint density at radius 3 is 1.52 bits per heavy atom. The van der Waals surface area contributed by atoms with Crippen molar-refractivity contribution in [3.63, 3.8) is 0 Å². The molecule has 1 unspecified atom stereocenters. The van der Waals surface area contributed by atoms with E-state index in [0.29, 0.717) is 5.95 Å². The minimum Gasteiger partial charge on any atom is -0.519 e. The third-order valence-electron chi connectivity index (χ3n) is 5.51. The summed E-state index contributed by atoms with van der Waals surface area (Å²) >= 11 is 0. The number of hydrogen-bond donors (Lipinski definition) is 0. The van der Waals surface area contributed by atoms with Gasteiger partial charge in [-0.15, -0.1) is 0 Å². The zero-order valence-corrected chi connectivity index (χ0v) is 18.8. The lowest BCUT2D eigenvalue weighted by Crippen LogP contribution is -2.40. The van der Waals surface area contributed by atoms with E-state index in [1.807, 2.05) is 0 Å². The van der Waals surface area contributed by atoms with Gasteiger partial charge >= 0.3 is 0 Å². The van der Waals surface area contributed by atoms with Crippen LogP contribution in [0.1, 0.15) is 54.9 Å². The molecule has 0 aliphatic rings. The minimum atomic E-state index is -1.70. The van der Waals surface area contributed by atoms with Crippen molar-refractivity contribution in [2.45, 2.75) is 97.3 Å². The van der Waals surface area contributed by atoms with Gasteiger partial charge in [0, 0.05) is 6.08 Å². The highest BCUT2D eigenvalue weighted by molar-refractivity contribution is 6.74. The van der Waals surface area contributed by atoms with Crippen LogP contribution in [0.3, 0.4) is 0 Å². The molecule has 0 heterocycles. The molecule has 0 fully saturated rings. The molecule has 0 aromatic carbocycles. The van der Waals surface area contributed by atoms with E-state index in [0.717, 1.165) is 24.6 Å². The van der Waals surface area contributed by atoms with Gasteiger partial charge in [0.2, 0.25) is 0 Å². The second-order valence-corrected chi connectivity index (χ2v) is 15.8. The molecule has 0 N–H and O–H groups in total. The van der Waals surface area contributed by atoms with E-state index in [4.69, 9.17) is 13.6 Å². The minimum absolute atomic E-state index is 0.105. The molecule has 5 heteroatoms. The van der Waals surface area contributed by atoms with Crippen LogP contribution in [0.4, 0.5) is 0 Å². The first-order valence-corrected chi connectivity index (χ1v) is 14.6. The molecule has 0 aromatic rings. The Morgan fingerprint density at radius 1 is 0.783 bits per heavy atom. The lowest BCUT2D eigenvalue weighted by atomic mass is 10.3. The number of methoxy groups -OCH3 is 1. The van der Waals surface area contributed by atoms with E-state index in [1.54, 1.807) is 7.11 Å². The first kappa shape index (κ1) is 22.7. The first-order valence-electron chi connectivity index (χ1n) is 9.56. The molecule has 0 saturated heterocycles. The Bertz CT molecular complexity index is 321. The molecule has 0 aliphatic carbocycles. The Kier molecular flexibility index (Phi) is 11.2. The molecule has 0 saturated carbocycles. The van der Waals surface area contributed by atoms with Crippen molar-refractivity contribution < 1.29 is 13.6 Å². The van der Waals surface area contributed by atoms with Gasteiger partial charge in [-0.2, -0.15) is 0 Å². The highest BCUT2D eigenvalue weighted by Crippen LogP contribution is 2.28. The second-order valence-electron chi connectivity index (χ2n) is 6.34. The average Bonchev–Trinajstić information content (AvgIpc) is 2.62. The quantitative estimate of drug-likeness (QED) is 0.285. The van der Waals surface area contributed by atoms with E-state index < -0.39 is 16.6 Å². The van der Waals surface area contributed by atoms with Gasteiger partial charge in [-0.3, -0.25) is 0 Å². The Morgan fingerprint density at radius 2 is 1.22 bits per heavy atom. The van der Waals surface area contributed by atoms with Crippen LogP contribution in [0.5, 0.6) is 0 Å². The van der Waals surface area contributed by atoms with Crippen molar-refractivity contribution in [3.8, 4) is 0 Å². The van der Waals surface area contributed by atoms with Crippen LogP contribution in [0.2, 0.25) is 36.3 Å². The van der Waals surface area contributed by atoms with Crippen molar-refractivity contribution in [2.75, 3.05) is 7.11 Å². The van der Waals surface area contributed by atoms with Crippen molar-refractivity contribution in [2.24, 2.45) is 0 Å². The highest BCUT2D eigenvalue weighted by Gasteiger charge is 2.34. The van der Waals surface area contributed by atoms with Crippen molar-refractivity contribution in [1.29, 1.82) is 0 Å². The molecule has 0 bridgehead atoms. The summed E-state index contributed by atoms with van der Waals surface area (Å²) in [6, 6.07) is 6.88. The third-order valence-corrected chi connectivity index (χ3v) is 14.7. The van der Waals surface area contributed by atoms with Crippen molar-refractivity contribution in [1.82, 2.24) is 0 Å². The van der Waals surface area contributed by atoms with Crippen LogP contribution in [-0.2, 0) is 13.6 Å². The predicted octanol–water partition coefficient (Wildman–Crippen LogP) is 6.30. The number of rotatable bonds is 13. The molecule has 0 amide bonds. The topological polar surface area (TPSA) is 27.7 Å². The maximum Gasteiger partial charge on any atom is 0.263 e. The summed E-state index contributed by atoms with van der Waals surface area (Å²) in [4.78, 5) is 0. The highest BCUT2D eigenvalue weighted by atomic mass is 28.4. The van der Waals surface area contributed by atoms with E-state index in [9.17, 15) is 0 Å². The summed E-state index contributed by atoms with van der Waals surface area (Å²) in [5.74, 6) is 0.681. The summed E-state index contributed by atoms with van der Waals surface area (Å²) in [7, 11) is -1.60. The molecule has 0 aromatic heterocycles. The fraction of sp³-hybridized carbons (Fsp3) is 0.889. The Balaban J connectivity index is 5.24. The first-order chi connectivity index (χ1) is 10.9. The molecular weight excluding hydrogens is 320 g/mol. The van der Waals surface area contributed by atoms with Gasteiger partial charge < -0.3 is 13.6 Å². The molecule has 0 rings (SSSR count). The van der Waals surface area contributed by atoms with Crippen LogP contribution < -0.4 is 0 Å². The summed E-state index contributed by atoms with van der Waals surface area (Å²) in [5, 5.41) is 0. The maximum atomic E-state index is 6.60. The van der Waals surface area contributed by atoms with Gasteiger partial charge in [0.25, 0.3) is 14.3 Å². The molecular formula is C18H40O3Si2. The van der Waals surface area contributed by atoms with Crippen LogP contribution in [0.15, 0.2) is 12.0 Å². The molecule has 0 aliphatic heterocycles. The van der Waals surface area contributed by atoms with E-state index in [1.165, 1.54) is 18.1 Å². The van der Waals surface area contributed by atoms with Gasteiger partial charge in [0.15, 0.2) is 8.32 Å². The zero-order chi connectivity index (χ0) is 17.9. The van der Waals surface area contributed by atoms with E-state index >= 15 is 0 Å². The molecule has 23 heavy (non-hydrogen) atoms. The van der Waals surface area contributed by atoms with Gasteiger partial charge in [-0.25, -0.2) is 0 Å². The van der Waals surface area contributed by atoms with Crippen LogP contribution in [-0.4, -0.2) is 29.8 Å². The number of hydrogen-bond acceptors (Lipinski definition) is 3. The standard InChI is InChI=1S/C18H40O3Si2/c1-9-17(20-22(10-2,11-3)12-4)16-18(19-8)21-23(13-5,14-6)15-7/h16-17H,9-15H2,1-8H3/b18-16+. The summed E-state index contributed by atoms with van der Waals surface area (Å²) in [5.41, 5.74) is 0. The summed E-state index contributed by atoms with van der Waals surface area (Å²) in [6.45, 7) is 15.7. The smallest absolute Gasteiger partial charge is 0.263 e. The van der Waals surface area contributed by atoms with Gasteiger partial charge in [0.1, 0.15) is 0 Å². The molecule has 138 valence electrons. The van der Waals surface area contributed by atoms with E-state index in [-0.39, 0.29) is 6.10 Å². The van der Waals surface area contributed by atoms with Gasteiger partial charge in [0.05, 0.1) is 13.2 Å². The predicted molar refractivity (Wildman–Crippen MR) is 106 cm³/mol. The average molecular weight is 361 g/mol. The SMILES string of the molecule is CCC(/C=C(\OC)O[Si](CC)(CC)CC)O[Si](CC)(CC)CC. The molecule has 1 atom stereocenters. The zero-order valence-electron chi connectivity index (χ0n) is 16.8. The van der Waals surface area contributed by atoms with Crippen LogP contribution in [0.25, 0.3) is 0 Å². The lowest BCUT2D eigenvalue weighted by Gasteiger charge is -2.33. The second kappa shape index (κ2) is 11.3. The normalized spacial score (nSPS) is 14.7. The lowest BCUT2D eigenvalue weighted by molar-refractivity contribution is 0.130.